The molecule has 4 saturated carbocycles. The van der Waals surface area contributed by atoms with Crippen molar-refractivity contribution in [2.75, 3.05) is 31.7 Å². The number of nitrogens with one attached hydrogen (secondary N) is 1. The molecule has 9 heteroatoms. The van der Waals surface area contributed by atoms with Crippen molar-refractivity contribution >= 4 is 27.6 Å². The third kappa shape index (κ3) is 4.29. The van der Waals surface area contributed by atoms with Crippen molar-refractivity contribution in [1.29, 1.82) is 0 Å². The van der Waals surface area contributed by atoms with Crippen molar-refractivity contribution in [2.45, 2.75) is 51.0 Å². The van der Waals surface area contributed by atoms with Crippen LogP contribution in [0.15, 0.2) is 0 Å². The Morgan fingerprint density at radius 1 is 1.07 bits per heavy atom. The molecule has 5 aliphatic rings. The molecule has 0 aromatic heterocycles. The van der Waals surface area contributed by atoms with E-state index in [0.29, 0.717) is 24.2 Å². The lowest BCUT2D eigenvalue weighted by molar-refractivity contribution is -0.154. The Morgan fingerprint density at radius 3 is 2.17 bits per heavy atom. The van der Waals surface area contributed by atoms with Crippen molar-refractivity contribution in [2.24, 2.45) is 23.2 Å². The van der Waals surface area contributed by atoms with E-state index < -0.39 is 28.3 Å². The minimum atomic E-state index is -3.09. The summed E-state index contributed by atoms with van der Waals surface area (Å²) in [6.07, 6.45) is 6.90. The first-order valence-electron chi connectivity index (χ1n) is 10.6. The van der Waals surface area contributed by atoms with Gasteiger partial charge in [-0.05, 0) is 62.7 Å². The summed E-state index contributed by atoms with van der Waals surface area (Å²) in [5, 5.41) is 2.74. The van der Waals surface area contributed by atoms with Crippen molar-refractivity contribution in [3.05, 3.63) is 0 Å². The average molecular weight is 427 g/mol. The minimum absolute atomic E-state index is 0.0480. The number of carbonyl (C=O) groups is 3. The molecule has 0 spiro atoms. The fourth-order valence-electron chi connectivity index (χ4n) is 6.31. The normalized spacial score (nSPS) is 36.6. The predicted molar refractivity (Wildman–Crippen MR) is 104 cm³/mol. The summed E-state index contributed by atoms with van der Waals surface area (Å²) < 4.78 is 28.1. The van der Waals surface area contributed by atoms with E-state index in [1.54, 1.807) is 0 Å². The van der Waals surface area contributed by atoms with Gasteiger partial charge in [0.05, 0.1) is 11.5 Å². The third-order valence-corrected chi connectivity index (χ3v) is 9.17. The van der Waals surface area contributed by atoms with Gasteiger partial charge in [0.15, 0.2) is 16.4 Å². The van der Waals surface area contributed by atoms with Crippen LogP contribution in [-0.4, -0.2) is 68.8 Å². The van der Waals surface area contributed by atoms with Crippen molar-refractivity contribution in [3.63, 3.8) is 0 Å². The highest BCUT2D eigenvalue weighted by Gasteiger charge is 2.54. The highest BCUT2D eigenvalue weighted by Crippen LogP contribution is 2.60. The van der Waals surface area contributed by atoms with Crippen LogP contribution < -0.4 is 5.32 Å². The summed E-state index contributed by atoms with van der Waals surface area (Å²) >= 11 is 0. The lowest BCUT2D eigenvalue weighted by atomic mass is 9.49. The van der Waals surface area contributed by atoms with Crippen molar-refractivity contribution < 1.29 is 27.5 Å². The van der Waals surface area contributed by atoms with Gasteiger partial charge in [-0.2, -0.15) is 0 Å². The number of nitrogens with zero attached hydrogens (tertiary/aromatic N) is 1. The lowest BCUT2D eigenvalue weighted by Gasteiger charge is -2.55. The Morgan fingerprint density at radius 2 is 1.66 bits per heavy atom. The standard InChI is InChI=1S/C20H30N2O6S/c1-22(16-2-3-29(26,27)12-16)17(23)11-28-18(24)10-21-19(25)20-7-13-4-14(8-20)6-15(5-13)9-20/h13-16H,2-12H2,1H3,(H,21,25)/t13?,14?,15?,16-,20?/m0/s1. The Hall–Kier alpha value is -1.64. The first-order chi connectivity index (χ1) is 13.7. The van der Waals surface area contributed by atoms with Crippen LogP contribution in [0.4, 0.5) is 0 Å². The lowest BCUT2D eigenvalue weighted by Crippen LogP contribution is -2.54. The van der Waals surface area contributed by atoms with Crippen LogP contribution in [0.25, 0.3) is 0 Å². The summed E-state index contributed by atoms with van der Waals surface area (Å²) in [7, 11) is -1.57. The molecular weight excluding hydrogens is 396 g/mol. The molecule has 162 valence electrons. The van der Waals surface area contributed by atoms with Gasteiger partial charge in [-0.3, -0.25) is 14.4 Å². The van der Waals surface area contributed by atoms with Gasteiger partial charge in [0.1, 0.15) is 6.54 Å². The maximum atomic E-state index is 12.8. The molecule has 1 aliphatic heterocycles. The Bertz CT molecular complexity index is 773. The molecule has 2 amide bonds. The zero-order valence-electron chi connectivity index (χ0n) is 16.9. The van der Waals surface area contributed by atoms with E-state index in [2.05, 4.69) is 5.32 Å². The number of sulfone groups is 1. The smallest absolute Gasteiger partial charge is 0.325 e. The van der Waals surface area contributed by atoms with Gasteiger partial charge >= 0.3 is 5.97 Å². The second kappa shape index (κ2) is 7.56. The largest absolute Gasteiger partial charge is 0.454 e. The molecule has 29 heavy (non-hydrogen) atoms. The predicted octanol–water partition coefficient (Wildman–Crippen LogP) is 0.508. The van der Waals surface area contributed by atoms with Crippen LogP contribution in [0.2, 0.25) is 0 Å². The van der Waals surface area contributed by atoms with Gasteiger partial charge in [-0.1, -0.05) is 0 Å². The molecule has 0 unspecified atom stereocenters. The molecule has 5 fully saturated rings. The number of likely N-dealkylation sites (N-methyl/N-ethyl adjacent to an activating group) is 1. The van der Waals surface area contributed by atoms with Gasteiger partial charge in [-0.15, -0.1) is 0 Å². The molecule has 1 N–H and O–H groups in total. The second-order valence-electron chi connectivity index (χ2n) is 9.60. The molecule has 4 aliphatic carbocycles. The Balaban J connectivity index is 1.21. The van der Waals surface area contributed by atoms with E-state index in [0.717, 1.165) is 19.3 Å². The first kappa shape index (κ1) is 20.6. The van der Waals surface area contributed by atoms with Gasteiger partial charge in [0.2, 0.25) is 5.91 Å². The van der Waals surface area contributed by atoms with E-state index in [1.807, 2.05) is 0 Å². The van der Waals surface area contributed by atoms with Crippen LogP contribution in [0.3, 0.4) is 0 Å². The molecule has 0 radical (unpaired) electrons. The molecule has 8 nitrogen and oxygen atoms in total. The SMILES string of the molecule is CN(C(=O)COC(=O)CNC(=O)C12CC3CC(CC(C3)C1)C2)[C@H]1CCS(=O)(=O)C1. The monoisotopic (exact) mass is 426 g/mol. The number of amides is 2. The Kier molecular flexibility index (Phi) is 5.38. The molecule has 4 bridgehead atoms. The van der Waals surface area contributed by atoms with Crippen LogP contribution in [0.1, 0.15) is 44.9 Å². The van der Waals surface area contributed by atoms with Gasteiger partial charge < -0.3 is 15.0 Å². The number of hydrogen-bond acceptors (Lipinski definition) is 6. The molecule has 0 aromatic rings. The number of rotatable bonds is 6. The fraction of sp³-hybridized carbons (Fsp3) is 0.850. The summed E-state index contributed by atoms with van der Waals surface area (Å²) in [6.45, 7) is -0.686. The molecule has 1 atom stereocenters. The summed E-state index contributed by atoms with van der Waals surface area (Å²) in [5.74, 6) is 0.824. The first-order valence-corrected chi connectivity index (χ1v) is 12.4. The zero-order chi connectivity index (χ0) is 20.8. The topological polar surface area (TPSA) is 110 Å². The van der Waals surface area contributed by atoms with Gasteiger partial charge in [0.25, 0.3) is 5.91 Å². The molecule has 1 heterocycles. The zero-order valence-corrected chi connectivity index (χ0v) is 17.7. The summed E-state index contributed by atoms with van der Waals surface area (Å²) in [4.78, 5) is 38.4. The van der Waals surface area contributed by atoms with E-state index in [1.165, 1.54) is 31.2 Å². The van der Waals surface area contributed by atoms with Crippen LogP contribution >= 0.6 is 0 Å². The number of esters is 1. The molecular formula is C20H30N2O6S. The van der Waals surface area contributed by atoms with Gasteiger partial charge in [0, 0.05) is 18.5 Å². The quantitative estimate of drug-likeness (QED) is 0.620. The van der Waals surface area contributed by atoms with Crippen LogP contribution in [0, 0.1) is 23.2 Å². The van der Waals surface area contributed by atoms with E-state index in [4.69, 9.17) is 4.74 Å². The number of ether oxygens (including phenoxy) is 1. The number of hydrogen-bond donors (Lipinski definition) is 1. The highest BCUT2D eigenvalue weighted by molar-refractivity contribution is 7.91. The second-order valence-corrected chi connectivity index (χ2v) is 11.8. The Labute approximate surface area is 171 Å². The van der Waals surface area contributed by atoms with Gasteiger partial charge in [-0.25, -0.2) is 8.42 Å². The van der Waals surface area contributed by atoms with Crippen LogP contribution in [0.5, 0.6) is 0 Å². The molecule has 1 saturated heterocycles. The van der Waals surface area contributed by atoms with Crippen LogP contribution in [-0.2, 0) is 29.0 Å². The third-order valence-electron chi connectivity index (χ3n) is 7.42. The molecule has 0 aromatic carbocycles. The number of carbonyl (C=O) groups excluding carboxylic acids is 3. The maximum Gasteiger partial charge on any atom is 0.325 e. The molecule has 5 rings (SSSR count). The van der Waals surface area contributed by atoms with Crippen molar-refractivity contribution in [3.8, 4) is 0 Å². The average Bonchev–Trinajstić information content (AvgIpc) is 3.02. The summed E-state index contributed by atoms with van der Waals surface area (Å²) in [5.41, 5.74) is -0.320. The maximum absolute atomic E-state index is 12.8. The van der Waals surface area contributed by atoms with E-state index in [-0.39, 0.29) is 35.4 Å². The fourth-order valence-corrected chi connectivity index (χ4v) is 8.08. The minimum Gasteiger partial charge on any atom is -0.454 e. The van der Waals surface area contributed by atoms with E-state index in [9.17, 15) is 22.8 Å². The summed E-state index contributed by atoms with van der Waals surface area (Å²) in [6, 6.07) is -0.373. The highest BCUT2D eigenvalue weighted by atomic mass is 32.2. The van der Waals surface area contributed by atoms with E-state index >= 15 is 0 Å². The van der Waals surface area contributed by atoms with Crippen molar-refractivity contribution in [1.82, 2.24) is 10.2 Å².